The molecule has 10 heteroatoms. The molecule has 0 spiro atoms. The number of carbonyl (C=O) groups excluding carboxylic acids is 1. The average Bonchev–Trinajstić information content (AvgIpc) is 3.36. The molecule has 0 unspecified atom stereocenters. The van der Waals surface area contributed by atoms with Crippen molar-refractivity contribution in [1.82, 2.24) is 10.6 Å². The Balaban J connectivity index is 1.59. The van der Waals surface area contributed by atoms with Gasteiger partial charge in [0.05, 0.1) is 23.7 Å². The van der Waals surface area contributed by atoms with Crippen LogP contribution in [0.3, 0.4) is 0 Å². The smallest absolute Gasteiger partial charge is 0.262 e. The highest BCUT2D eigenvalue weighted by Gasteiger charge is 2.23. The zero-order valence-electron chi connectivity index (χ0n) is 18.7. The van der Waals surface area contributed by atoms with Crippen LogP contribution in [0.2, 0.25) is 0 Å². The summed E-state index contributed by atoms with van der Waals surface area (Å²) in [4.78, 5) is 15.4. The third-order valence-corrected chi connectivity index (χ3v) is 7.20. The molecule has 0 aliphatic carbocycles. The molecule has 0 aromatic heterocycles. The summed E-state index contributed by atoms with van der Waals surface area (Å²) in [5, 5.41) is 6.26. The molecule has 2 aliphatic rings. The van der Waals surface area contributed by atoms with Gasteiger partial charge in [-0.3, -0.25) is 9.52 Å². The first-order chi connectivity index (χ1) is 16.0. The van der Waals surface area contributed by atoms with Gasteiger partial charge in [0.1, 0.15) is 5.75 Å². The van der Waals surface area contributed by atoms with Crippen molar-refractivity contribution in [3.8, 4) is 5.75 Å². The van der Waals surface area contributed by atoms with Crippen LogP contribution in [0.1, 0.15) is 23.2 Å². The predicted molar refractivity (Wildman–Crippen MR) is 127 cm³/mol. The maximum Gasteiger partial charge on any atom is 0.262 e. The van der Waals surface area contributed by atoms with Gasteiger partial charge < -0.3 is 25.0 Å². The third kappa shape index (κ3) is 5.76. The molecule has 2 aliphatic heterocycles. The molecule has 1 atom stereocenters. The fraction of sp³-hybridized carbons (Fsp3) is 0.435. The van der Waals surface area contributed by atoms with Crippen LogP contribution < -0.4 is 25.0 Å². The van der Waals surface area contributed by atoms with Gasteiger partial charge in [-0.05, 0) is 43.2 Å². The topological polar surface area (TPSA) is 109 Å². The Labute approximate surface area is 194 Å². The number of hydrogen-bond donors (Lipinski definition) is 3. The molecule has 4 rings (SSSR count). The lowest BCUT2D eigenvalue weighted by Crippen LogP contribution is -2.44. The predicted octanol–water partition coefficient (Wildman–Crippen LogP) is 1.81. The molecule has 3 N–H and O–H groups in total. The summed E-state index contributed by atoms with van der Waals surface area (Å²) >= 11 is 0. The van der Waals surface area contributed by atoms with E-state index in [4.69, 9.17) is 9.47 Å². The summed E-state index contributed by atoms with van der Waals surface area (Å²) < 4.78 is 39.2. The van der Waals surface area contributed by atoms with Gasteiger partial charge in [0, 0.05) is 56.8 Å². The van der Waals surface area contributed by atoms with E-state index in [1.54, 1.807) is 30.3 Å². The molecule has 0 bridgehead atoms. The van der Waals surface area contributed by atoms with Crippen LogP contribution in [0, 0.1) is 0 Å². The zero-order valence-corrected chi connectivity index (χ0v) is 19.5. The van der Waals surface area contributed by atoms with Gasteiger partial charge >= 0.3 is 0 Å². The first-order valence-electron chi connectivity index (χ1n) is 11.1. The first-order valence-corrected chi connectivity index (χ1v) is 12.6. The Kier molecular flexibility index (Phi) is 7.36. The summed E-state index contributed by atoms with van der Waals surface area (Å²) in [7, 11) is -2.38. The number of benzene rings is 2. The number of rotatable bonds is 8. The number of sulfonamides is 1. The van der Waals surface area contributed by atoms with E-state index in [-0.39, 0.29) is 16.9 Å². The monoisotopic (exact) mass is 474 g/mol. The number of piperazine rings is 1. The minimum Gasteiger partial charge on any atom is -0.497 e. The second-order valence-corrected chi connectivity index (χ2v) is 9.78. The van der Waals surface area contributed by atoms with Crippen LogP contribution in [0.15, 0.2) is 47.4 Å². The van der Waals surface area contributed by atoms with E-state index in [0.29, 0.717) is 30.2 Å². The molecule has 2 heterocycles. The minimum absolute atomic E-state index is 0.0198. The van der Waals surface area contributed by atoms with E-state index in [1.165, 1.54) is 19.2 Å². The molecule has 0 saturated carbocycles. The molecule has 0 radical (unpaired) electrons. The number of hydrogen-bond acceptors (Lipinski definition) is 7. The second-order valence-electron chi connectivity index (χ2n) is 8.10. The summed E-state index contributed by atoms with van der Waals surface area (Å²) in [6, 6.07) is 11.3. The van der Waals surface area contributed by atoms with Crippen molar-refractivity contribution in [3.05, 3.63) is 48.0 Å². The number of amides is 1. The Morgan fingerprint density at radius 3 is 2.76 bits per heavy atom. The van der Waals surface area contributed by atoms with Crippen LogP contribution in [0.25, 0.3) is 0 Å². The number of nitrogens with zero attached hydrogens (tertiary/aromatic N) is 1. The van der Waals surface area contributed by atoms with E-state index in [1.807, 2.05) is 0 Å². The van der Waals surface area contributed by atoms with E-state index < -0.39 is 10.0 Å². The van der Waals surface area contributed by atoms with Crippen LogP contribution in [0.5, 0.6) is 5.75 Å². The number of anilines is 2. The number of ether oxygens (including phenoxy) is 2. The Morgan fingerprint density at radius 2 is 2.03 bits per heavy atom. The standard InChI is InChI=1S/C23H30N4O5S/c1-31-18-4-2-6-20(15-18)33(29,30)26-17-7-8-22(27-11-9-24-10-12-27)21(14-17)23(28)25-16-19-5-3-13-32-19/h2,4,6-8,14-15,19,24,26H,3,5,9-13,16H2,1H3,(H,25,28)/t19-/m0/s1. The van der Waals surface area contributed by atoms with E-state index in [0.717, 1.165) is 44.7 Å². The van der Waals surface area contributed by atoms with Gasteiger partial charge in [0.25, 0.3) is 15.9 Å². The van der Waals surface area contributed by atoms with Gasteiger partial charge in [-0.15, -0.1) is 0 Å². The highest BCUT2D eigenvalue weighted by molar-refractivity contribution is 7.92. The molecular weight excluding hydrogens is 444 g/mol. The summed E-state index contributed by atoms with van der Waals surface area (Å²) in [5.74, 6) is 0.197. The van der Waals surface area contributed by atoms with Crippen LogP contribution in [-0.2, 0) is 14.8 Å². The Bertz CT molecular complexity index is 1080. The quantitative estimate of drug-likeness (QED) is 0.535. The van der Waals surface area contributed by atoms with Gasteiger partial charge in [0.2, 0.25) is 0 Å². The Hall–Kier alpha value is -2.82. The minimum atomic E-state index is -3.86. The van der Waals surface area contributed by atoms with Gasteiger partial charge in [-0.2, -0.15) is 0 Å². The molecule has 2 aromatic carbocycles. The van der Waals surface area contributed by atoms with Crippen molar-refractivity contribution < 1.29 is 22.7 Å². The van der Waals surface area contributed by atoms with Crippen molar-refractivity contribution >= 4 is 27.3 Å². The van der Waals surface area contributed by atoms with Crippen molar-refractivity contribution in [1.29, 1.82) is 0 Å². The molecule has 33 heavy (non-hydrogen) atoms. The van der Waals surface area contributed by atoms with Crippen LogP contribution in [-0.4, -0.2) is 66.9 Å². The molecule has 2 aromatic rings. The fourth-order valence-electron chi connectivity index (χ4n) is 4.05. The first kappa shape index (κ1) is 23.3. The molecule has 178 valence electrons. The van der Waals surface area contributed by atoms with Gasteiger partial charge in [-0.25, -0.2) is 8.42 Å². The highest BCUT2D eigenvalue weighted by Crippen LogP contribution is 2.27. The van der Waals surface area contributed by atoms with Gasteiger partial charge in [-0.1, -0.05) is 6.07 Å². The van der Waals surface area contributed by atoms with E-state index in [9.17, 15) is 13.2 Å². The van der Waals surface area contributed by atoms with E-state index in [2.05, 4.69) is 20.3 Å². The van der Waals surface area contributed by atoms with Crippen LogP contribution >= 0.6 is 0 Å². The van der Waals surface area contributed by atoms with E-state index >= 15 is 0 Å². The van der Waals surface area contributed by atoms with Crippen molar-refractivity contribution in [2.45, 2.75) is 23.8 Å². The molecule has 1 amide bonds. The van der Waals surface area contributed by atoms with Crippen LogP contribution in [0.4, 0.5) is 11.4 Å². The molecular formula is C23H30N4O5S. The normalized spacial score (nSPS) is 18.7. The Morgan fingerprint density at radius 1 is 1.21 bits per heavy atom. The lowest BCUT2D eigenvalue weighted by molar-refractivity contribution is 0.0858. The summed E-state index contributed by atoms with van der Waals surface area (Å²) in [6.45, 7) is 4.32. The summed E-state index contributed by atoms with van der Waals surface area (Å²) in [6.07, 6.45) is 1.94. The summed E-state index contributed by atoms with van der Waals surface area (Å²) in [5.41, 5.74) is 1.53. The molecule has 9 nitrogen and oxygen atoms in total. The number of carbonyl (C=O) groups is 1. The zero-order chi connectivity index (χ0) is 23.3. The number of methoxy groups -OCH3 is 1. The second kappa shape index (κ2) is 10.4. The third-order valence-electron chi connectivity index (χ3n) is 5.82. The highest BCUT2D eigenvalue weighted by atomic mass is 32.2. The average molecular weight is 475 g/mol. The molecule has 2 saturated heterocycles. The van der Waals surface area contributed by atoms with Crippen molar-refractivity contribution in [2.75, 3.05) is 56.1 Å². The largest absolute Gasteiger partial charge is 0.497 e. The molecule has 2 fully saturated rings. The lowest BCUT2D eigenvalue weighted by Gasteiger charge is -2.31. The van der Waals surface area contributed by atoms with Crippen molar-refractivity contribution in [2.24, 2.45) is 0 Å². The lowest BCUT2D eigenvalue weighted by atomic mass is 10.1. The maximum absolute atomic E-state index is 13.1. The SMILES string of the molecule is COc1cccc(S(=O)(=O)Nc2ccc(N3CCNCC3)c(C(=O)NC[C@@H]3CCCO3)c2)c1. The van der Waals surface area contributed by atoms with Crippen molar-refractivity contribution in [3.63, 3.8) is 0 Å². The maximum atomic E-state index is 13.1. The number of nitrogens with one attached hydrogen (secondary N) is 3. The van der Waals surface area contributed by atoms with Gasteiger partial charge in [0.15, 0.2) is 0 Å². The fourth-order valence-corrected chi connectivity index (χ4v) is 5.14.